The number of amides is 4. The smallest absolute Gasteiger partial charge is 0.325 e. The average Bonchev–Trinajstić information content (AvgIpc) is 2.82. The third kappa shape index (κ3) is 3.66. The van der Waals surface area contributed by atoms with Crippen LogP contribution in [0.4, 0.5) is 4.79 Å². The number of nitrogens with zero attached hydrogens (tertiary/aromatic N) is 1. The van der Waals surface area contributed by atoms with E-state index >= 15 is 0 Å². The van der Waals surface area contributed by atoms with Crippen LogP contribution in [0, 0.1) is 5.92 Å². The summed E-state index contributed by atoms with van der Waals surface area (Å²) in [7, 11) is 0. The Balaban J connectivity index is 1.58. The van der Waals surface area contributed by atoms with Crippen LogP contribution in [-0.2, 0) is 9.59 Å². The Bertz CT molecular complexity index is 542. The fraction of sp³-hybridized carbons (Fsp3) is 0.833. The van der Waals surface area contributed by atoms with Gasteiger partial charge in [0.05, 0.1) is 0 Å². The lowest BCUT2D eigenvalue weighted by atomic mass is 9.75. The lowest BCUT2D eigenvalue weighted by Gasteiger charge is -2.34. The van der Waals surface area contributed by atoms with Gasteiger partial charge in [-0.2, -0.15) is 0 Å². The molecule has 3 N–H and O–H groups in total. The summed E-state index contributed by atoms with van der Waals surface area (Å²) in [6, 6.07) is -0.169. The van der Waals surface area contributed by atoms with Crippen molar-refractivity contribution >= 4 is 17.8 Å². The second kappa shape index (κ2) is 7.32. The van der Waals surface area contributed by atoms with Crippen LogP contribution >= 0.6 is 0 Å². The molecule has 0 aromatic heterocycles. The number of rotatable bonds is 4. The Labute approximate surface area is 149 Å². The second-order valence-electron chi connectivity index (χ2n) is 7.81. The summed E-state index contributed by atoms with van der Waals surface area (Å²) in [4.78, 5) is 38.6. The predicted molar refractivity (Wildman–Crippen MR) is 93.9 cm³/mol. The highest BCUT2D eigenvalue weighted by Crippen LogP contribution is 2.37. The van der Waals surface area contributed by atoms with Crippen LogP contribution < -0.4 is 16.0 Å². The van der Waals surface area contributed by atoms with E-state index in [2.05, 4.69) is 22.9 Å². The molecule has 7 nitrogen and oxygen atoms in total. The van der Waals surface area contributed by atoms with E-state index in [1.165, 1.54) is 0 Å². The first-order chi connectivity index (χ1) is 11.9. The van der Waals surface area contributed by atoms with Gasteiger partial charge in [0, 0.05) is 12.1 Å². The molecule has 140 valence electrons. The molecule has 0 aromatic carbocycles. The van der Waals surface area contributed by atoms with E-state index in [1.54, 1.807) is 0 Å². The van der Waals surface area contributed by atoms with Crippen LogP contribution in [-0.4, -0.2) is 53.5 Å². The number of urea groups is 1. The van der Waals surface area contributed by atoms with E-state index in [0.29, 0.717) is 18.8 Å². The minimum absolute atomic E-state index is 0.0518. The molecule has 3 fully saturated rings. The first kappa shape index (κ1) is 18.2. The minimum atomic E-state index is -0.775. The Kier molecular flexibility index (Phi) is 5.32. The first-order valence-corrected chi connectivity index (χ1v) is 9.62. The molecule has 2 unspecified atom stereocenters. The minimum Gasteiger partial charge on any atom is -0.350 e. The molecule has 4 amide bonds. The number of nitrogens with one attached hydrogen (secondary N) is 3. The van der Waals surface area contributed by atoms with E-state index in [9.17, 15) is 14.4 Å². The van der Waals surface area contributed by atoms with Gasteiger partial charge >= 0.3 is 6.03 Å². The molecule has 1 aliphatic carbocycles. The van der Waals surface area contributed by atoms with Gasteiger partial charge < -0.3 is 16.0 Å². The van der Waals surface area contributed by atoms with Gasteiger partial charge in [-0.3, -0.25) is 14.5 Å². The van der Waals surface area contributed by atoms with Crippen molar-refractivity contribution < 1.29 is 14.4 Å². The second-order valence-corrected chi connectivity index (χ2v) is 7.81. The number of piperidine rings is 1. The summed E-state index contributed by atoms with van der Waals surface area (Å²) in [5.41, 5.74) is -0.775. The van der Waals surface area contributed by atoms with Gasteiger partial charge in [-0.05, 0) is 57.9 Å². The molecule has 3 rings (SSSR count). The van der Waals surface area contributed by atoms with Crippen LogP contribution in [0.15, 0.2) is 0 Å². The van der Waals surface area contributed by atoms with Gasteiger partial charge in [-0.1, -0.05) is 13.3 Å². The number of carbonyl (C=O) groups is 3. The molecule has 0 radical (unpaired) electrons. The molecular formula is C18H30N4O3. The summed E-state index contributed by atoms with van der Waals surface area (Å²) >= 11 is 0. The zero-order valence-corrected chi connectivity index (χ0v) is 15.3. The zero-order chi connectivity index (χ0) is 18.0. The fourth-order valence-corrected chi connectivity index (χ4v) is 4.37. The lowest BCUT2D eigenvalue weighted by molar-refractivity contribution is -0.136. The number of hydrogen-bond acceptors (Lipinski definition) is 4. The summed E-state index contributed by atoms with van der Waals surface area (Å²) in [5, 5.41) is 9.18. The van der Waals surface area contributed by atoms with E-state index < -0.39 is 11.6 Å². The van der Waals surface area contributed by atoms with Crippen molar-refractivity contribution in [2.45, 2.75) is 76.4 Å². The average molecular weight is 350 g/mol. The van der Waals surface area contributed by atoms with E-state index in [4.69, 9.17) is 0 Å². The van der Waals surface area contributed by atoms with Crippen molar-refractivity contribution in [2.75, 3.05) is 13.1 Å². The highest BCUT2D eigenvalue weighted by Gasteiger charge is 2.52. The van der Waals surface area contributed by atoms with Gasteiger partial charge in [0.2, 0.25) is 5.91 Å². The standard InChI is InChI=1S/C18H30N4O3/c1-3-13-6-8-18(9-7-13)16(24)22(17(25)21-18)11-15(23)20-14-5-4-10-19-12(14)2/h12-14,19H,3-11H2,1-2H3,(H,20,23)(H,21,25). The summed E-state index contributed by atoms with van der Waals surface area (Å²) < 4.78 is 0. The van der Waals surface area contributed by atoms with Crippen LogP contribution in [0.3, 0.4) is 0 Å². The van der Waals surface area contributed by atoms with Gasteiger partial charge in [0.15, 0.2) is 0 Å². The molecule has 2 heterocycles. The Morgan fingerprint density at radius 2 is 2.00 bits per heavy atom. The van der Waals surface area contributed by atoms with Gasteiger partial charge in [-0.15, -0.1) is 0 Å². The van der Waals surface area contributed by atoms with E-state index in [0.717, 1.165) is 43.5 Å². The molecular weight excluding hydrogens is 320 g/mol. The fourth-order valence-electron chi connectivity index (χ4n) is 4.37. The van der Waals surface area contributed by atoms with Crippen molar-refractivity contribution in [1.29, 1.82) is 0 Å². The Morgan fingerprint density at radius 1 is 1.28 bits per heavy atom. The highest BCUT2D eigenvalue weighted by molar-refractivity contribution is 6.09. The molecule has 2 aliphatic heterocycles. The normalized spacial score (nSPS) is 35.8. The van der Waals surface area contributed by atoms with Crippen LogP contribution in [0.5, 0.6) is 0 Å². The molecule has 25 heavy (non-hydrogen) atoms. The maximum atomic E-state index is 12.8. The van der Waals surface area contributed by atoms with Gasteiger partial charge in [0.1, 0.15) is 12.1 Å². The first-order valence-electron chi connectivity index (χ1n) is 9.62. The SMILES string of the molecule is CCC1CCC2(CC1)NC(=O)N(CC(=O)NC1CCCNC1C)C2=O. The van der Waals surface area contributed by atoms with Crippen molar-refractivity contribution in [2.24, 2.45) is 5.92 Å². The molecule has 0 aromatic rings. The zero-order valence-electron chi connectivity index (χ0n) is 15.3. The number of imide groups is 1. The van der Waals surface area contributed by atoms with Crippen LogP contribution in [0.25, 0.3) is 0 Å². The van der Waals surface area contributed by atoms with Crippen molar-refractivity contribution in [3.05, 3.63) is 0 Å². The van der Waals surface area contributed by atoms with Gasteiger partial charge in [0.25, 0.3) is 5.91 Å². The van der Waals surface area contributed by atoms with Crippen molar-refractivity contribution in [3.8, 4) is 0 Å². The molecule has 1 saturated carbocycles. The Hall–Kier alpha value is -1.63. The number of hydrogen-bond donors (Lipinski definition) is 3. The predicted octanol–water partition coefficient (Wildman–Crippen LogP) is 1.13. The van der Waals surface area contributed by atoms with Gasteiger partial charge in [-0.25, -0.2) is 4.79 Å². The molecule has 2 atom stereocenters. The van der Waals surface area contributed by atoms with Crippen molar-refractivity contribution in [1.82, 2.24) is 20.9 Å². The summed E-state index contributed by atoms with van der Waals surface area (Å²) in [6.07, 6.45) is 6.30. The number of carbonyl (C=O) groups excluding carboxylic acids is 3. The molecule has 0 bridgehead atoms. The molecule has 1 spiro atoms. The molecule has 2 saturated heterocycles. The van der Waals surface area contributed by atoms with Crippen LogP contribution in [0.1, 0.15) is 58.8 Å². The maximum absolute atomic E-state index is 12.8. The topological polar surface area (TPSA) is 90.5 Å². The summed E-state index contributed by atoms with van der Waals surface area (Å²) in [6.45, 7) is 4.98. The molecule has 7 heteroatoms. The van der Waals surface area contributed by atoms with Crippen molar-refractivity contribution in [3.63, 3.8) is 0 Å². The quantitative estimate of drug-likeness (QED) is 0.663. The lowest BCUT2D eigenvalue weighted by Crippen LogP contribution is -2.54. The monoisotopic (exact) mass is 350 g/mol. The largest absolute Gasteiger partial charge is 0.350 e. The van der Waals surface area contributed by atoms with Crippen LogP contribution in [0.2, 0.25) is 0 Å². The summed E-state index contributed by atoms with van der Waals surface area (Å²) in [5.74, 6) is 0.147. The molecule has 3 aliphatic rings. The van der Waals surface area contributed by atoms with E-state index in [1.807, 2.05) is 6.92 Å². The maximum Gasteiger partial charge on any atom is 0.325 e. The Morgan fingerprint density at radius 3 is 2.64 bits per heavy atom. The highest BCUT2D eigenvalue weighted by atomic mass is 16.2. The third-order valence-corrected chi connectivity index (χ3v) is 6.19. The third-order valence-electron chi connectivity index (χ3n) is 6.19. The van der Waals surface area contributed by atoms with E-state index in [-0.39, 0.29) is 30.4 Å².